The molecule has 0 saturated heterocycles. The number of hydrogen-bond donors (Lipinski definition) is 1. The number of halogens is 2. The van der Waals surface area contributed by atoms with Crippen LogP contribution in [0.25, 0.3) is 0 Å². The van der Waals surface area contributed by atoms with Crippen LogP contribution in [0.2, 0.25) is 5.02 Å². The van der Waals surface area contributed by atoms with E-state index in [0.717, 1.165) is 11.3 Å². The fourth-order valence-corrected chi connectivity index (χ4v) is 2.21. The van der Waals surface area contributed by atoms with Crippen molar-refractivity contribution in [2.75, 3.05) is 6.54 Å². The van der Waals surface area contributed by atoms with Gasteiger partial charge in [-0.05, 0) is 30.5 Å². The quantitative estimate of drug-likeness (QED) is 0.943. The Morgan fingerprint density at radius 3 is 2.57 bits per heavy atom. The van der Waals surface area contributed by atoms with Gasteiger partial charge in [-0.25, -0.2) is 4.39 Å². The maximum absolute atomic E-state index is 12.9. The minimum Gasteiger partial charge on any atom is -0.350 e. The van der Waals surface area contributed by atoms with E-state index in [1.54, 1.807) is 30.8 Å². The van der Waals surface area contributed by atoms with Gasteiger partial charge in [-0.1, -0.05) is 30.7 Å². The van der Waals surface area contributed by atoms with Gasteiger partial charge in [0.15, 0.2) is 5.69 Å². The van der Waals surface area contributed by atoms with Gasteiger partial charge in [0, 0.05) is 13.6 Å². The van der Waals surface area contributed by atoms with Crippen molar-refractivity contribution in [3.63, 3.8) is 0 Å². The lowest BCUT2D eigenvalue weighted by Gasteiger charge is -2.12. The highest BCUT2D eigenvalue weighted by atomic mass is 35.5. The third-order valence-electron chi connectivity index (χ3n) is 3.48. The van der Waals surface area contributed by atoms with Gasteiger partial charge >= 0.3 is 0 Å². The maximum Gasteiger partial charge on any atom is 0.273 e. The largest absolute Gasteiger partial charge is 0.350 e. The number of carbonyl (C=O) groups excluding carboxylic acids is 1. The van der Waals surface area contributed by atoms with E-state index in [1.165, 1.54) is 12.1 Å². The Hall–Kier alpha value is -1.88. The van der Waals surface area contributed by atoms with Gasteiger partial charge in [0.2, 0.25) is 0 Å². The summed E-state index contributed by atoms with van der Waals surface area (Å²) in [5, 5.41) is 7.26. The number of nitrogens with one attached hydrogen (secondary N) is 1. The molecule has 0 saturated carbocycles. The molecule has 6 heteroatoms. The summed E-state index contributed by atoms with van der Waals surface area (Å²) in [4.78, 5) is 12.1. The van der Waals surface area contributed by atoms with Crippen LogP contribution in [0.3, 0.4) is 0 Å². The van der Waals surface area contributed by atoms with E-state index in [4.69, 9.17) is 11.6 Å². The first-order valence-corrected chi connectivity index (χ1v) is 7.00. The first-order chi connectivity index (χ1) is 9.90. The number of amides is 1. The number of nitrogens with zero attached hydrogens (tertiary/aromatic N) is 2. The zero-order valence-corrected chi connectivity index (χ0v) is 12.9. The molecule has 112 valence electrons. The van der Waals surface area contributed by atoms with Crippen LogP contribution in [0.5, 0.6) is 0 Å². The van der Waals surface area contributed by atoms with Crippen molar-refractivity contribution in [2.45, 2.75) is 19.8 Å². The molecular formula is C15H17ClFN3O. The number of aryl methyl sites for hydroxylation is 1. The fourth-order valence-electron chi connectivity index (χ4n) is 1.97. The van der Waals surface area contributed by atoms with Crippen LogP contribution in [0.4, 0.5) is 4.39 Å². The van der Waals surface area contributed by atoms with Crippen molar-refractivity contribution in [1.29, 1.82) is 0 Å². The van der Waals surface area contributed by atoms with Gasteiger partial charge in [-0.2, -0.15) is 5.10 Å². The highest BCUT2D eigenvalue weighted by Gasteiger charge is 2.18. The zero-order valence-electron chi connectivity index (χ0n) is 12.2. The van der Waals surface area contributed by atoms with E-state index < -0.39 is 0 Å². The lowest BCUT2D eigenvalue weighted by atomic mass is 10.0. The van der Waals surface area contributed by atoms with Gasteiger partial charge in [-0.3, -0.25) is 9.48 Å². The summed E-state index contributed by atoms with van der Waals surface area (Å²) in [5.74, 6) is -0.512. The number of aromatic nitrogens is 2. The molecule has 21 heavy (non-hydrogen) atoms. The highest BCUT2D eigenvalue weighted by molar-refractivity contribution is 6.34. The van der Waals surface area contributed by atoms with Crippen LogP contribution in [0.15, 0.2) is 24.3 Å². The molecule has 0 aliphatic carbocycles. The molecule has 0 spiro atoms. The number of hydrogen-bond acceptors (Lipinski definition) is 2. The van der Waals surface area contributed by atoms with Crippen molar-refractivity contribution in [3.05, 3.63) is 52.1 Å². The van der Waals surface area contributed by atoms with E-state index in [2.05, 4.69) is 10.4 Å². The molecule has 0 aliphatic heterocycles. The van der Waals surface area contributed by atoms with Crippen LogP contribution in [0.1, 0.15) is 34.6 Å². The third-order valence-corrected chi connectivity index (χ3v) is 3.94. The summed E-state index contributed by atoms with van der Waals surface area (Å²) in [6, 6.07) is 6.24. The smallest absolute Gasteiger partial charge is 0.273 e. The minimum absolute atomic E-state index is 0.0677. The topological polar surface area (TPSA) is 46.9 Å². The monoisotopic (exact) mass is 309 g/mol. The fraction of sp³-hybridized carbons (Fsp3) is 0.333. The molecule has 1 unspecified atom stereocenters. The molecule has 0 bridgehead atoms. The van der Waals surface area contributed by atoms with E-state index in [9.17, 15) is 9.18 Å². The van der Waals surface area contributed by atoms with E-state index >= 15 is 0 Å². The van der Waals surface area contributed by atoms with E-state index in [1.807, 2.05) is 6.92 Å². The first-order valence-electron chi connectivity index (χ1n) is 6.63. The predicted molar refractivity (Wildman–Crippen MR) is 80.1 cm³/mol. The van der Waals surface area contributed by atoms with Crippen molar-refractivity contribution in [2.24, 2.45) is 7.05 Å². The zero-order chi connectivity index (χ0) is 15.6. The molecule has 1 aromatic carbocycles. The van der Waals surface area contributed by atoms with Crippen molar-refractivity contribution >= 4 is 17.5 Å². The van der Waals surface area contributed by atoms with E-state index in [0.29, 0.717) is 11.6 Å². The van der Waals surface area contributed by atoms with E-state index in [-0.39, 0.29) is 23.3 Å². The molecule has 1 atom stereocenters. The van der Waals surface area contributed by atoms with Gasteiger partial charge in [-0.15, -0.1) is 0 Å². The van der Waals surface area contributed by atoms with Gasteiger partial charge in [0.05, 0.1) is 10.7 Å². The SMILES string of the molecule is Cc1c(Cl)c(C(=O)NCC(C)c2ccc(F)cc2)nn1C. The minimum atomic E-state index is -0.308. The van der Waals surface area contributed by atoms with Crippen molar-refractivity contribution in [3.8, 4) is 0 Å². The maximum atomic E-state index is 12.9. The van der Waals surface area contributed by atoms with Crippen LogP contribution in [0, 0.1) is 12.7 Å². The molecule has 0 radical (unpaired) electrons. The Morgan fingerprint density at radius 2 is 2.05 bits per heavy atom. The molecule has 1 aromatic heterocycles. The molecule has 1 heterocycles. The lowest BCUT2D eigenvalue weighted by molar-refractivity contribution is 0.0946. The van der Waals surface area contributed by atoms with Crippen LogP contribution in [-0.2, 0) is 7.05 Å². The molecular weight excluding hydrogens is 293 g/mol. The summed E-state index contributed by atoms with van der Waals surface area (Å²) in [6.45, 7) is 4.18. The molecule has 0 aliphatic rings. The standard InChI is InChI=1S/C15H17ClFN3O/c1-9(11-4-6-12(17)7-5-11)8-18-15(21)14-13(16)10(2)20(3)19-14/h4-7,9H,8H2,1-3H3,(H,18,21). The van der Waals surface area contributed by atoms with Crippen molar-refractivity contribution in [1.82, 2.24) is 15.1 Å². The molecule has 1 amide bonds. The summed E-state index contributed by atoms with van der Waals surface area (Å²) in [6.07, 6.45) is 0. The Bertz CT molecular complexity index is 652. The number of rotatable bonds is 4. The molecule has 2 aromatic rings. The highest BCUT2D eigenvalue weighted by Crippen LogP contribution is 2.19. The molecule has 1 N–H and O–H groups in total. The normalized spacial score (nSPS) is 12.2. The Kier molecular flexibility index (Phi) is 4.63. The Morgan fingerprint density at radius 1 is 1.43 bits per heavy atom. The molecule has 0 fully saturated rings. The predicted octanol–water partition coefficient (Wildman–Crippen LogP) is 3.05. The molecule has 2 rings (SSSR count). The van der Waals surface area contributed by atoms with Crippen LogP contribution in [-0.4, -0.2) is 22.2 Å². The van der Waals surface area contributed by atoms with Gasteiger partial charge < -0.3 is 5.32 Å². The average molecular weight is 310 g/mol. The summed E-state index contributed by atoms with van der Waals surface area (Å²) < 4.78 is 14.4. The molecule has 4 nitrogen and oxygen atoms in total. The number of carbonyl (C=O) groups is 1. The van der Waals surface area contributed by atoms with Crippen LogP contribution < -0.4 is 5.32 Å². The van der Waals surface area contributed by atoms with Gasteiger partial charge in [0.25, 0.3) is 5.91 Å². The van der Waals surface area contributed by atoms with Crippen LogP contribution >= 0.6 is 11.6 Å². The van der Waals surface area contributed by atoms with Gasteiger partial charge in [0.1, 0.15) is 5.82 Å². The lowest BCUT2D eigenvalue weighted by Crippen LogP contribution is -2.28. The average Bonchev–Trinajstić information content (AvgIpc) is 2.73. The second kappa shape index (κ2) is 6.26. The second-order valence-corrected chi connectivity index (χ2v) is 5.41. The number of benzene rings is 1. The Labute approximate surface area is 127 Å². The first kappa shape index (κ1) is 15.5. The summed E-state index contributed by atoms with van der Waals surface area (Å²) >= 11 is 6.07. The third kappa shape index (κ3) is 3.42. The van der Waals surface area contributed by atoms with Crippen molar-refractivity contribution < 1.29 is 9.18 Å². The summed E-state index contributed by atoms with van der Waals surface area (Å²) in [7, 11) is 1.74. The summed E-state index contributed by atoms with van der Waals surface area (Å²) in [5.41, 5.74) is 1.93. The second-order valence-electron chi connectivity index (χ2n) is 5.03. The Balaban J connectivity index is 2.00.